The number of carbonyl (C=O) groups excluding carboxylic acids is 2. The van der Waals surface area contributed by atoms with E-state index in [1.54, 1.807) is 4.90 Å². The van der Waals surface area contributed by atoms with Crippen molar-refractivity contribution >= 4 is 19.0 Å². The summed E-state index contributed by atoms with van der Waals surface area (Å²) < 4.78 is 12.3. The standard InChI is InChI=1S/C21H29BN2O8/c1-24(2)5-6-31-12(11-24)7-18(25)23-9-13(10-23)32-17-4-3-14(15-8-16(15)22(29)30)20(26)19(17)21(27)28/h3-4,12-13,15-16,29-30H,5-11H2,1-2H3,(H-,26,27,28). The number of carboxylic acids is 1. The van der Waals surface area contributed by atoms with Gasteiger partial charge in [-0.2, -0.15) is 0 Å². The summed E-state index contributed by atoms with van der Waals surface area (Å²) in [5.74, 6) is -2.88. The molecule has 3 unspecified atom stereocenters. The Balaban J connectivity index is 1.35. The number of aromatic carboxylic acids is 1. The first-order chi connectivity index (χ1) is 15.1. The summed E-state index contributed by atoms with van der Waals surface area (Å²) in [6, 6.07) is 2.98. The highest BCUT2D eigenvalue weighted by atomic mass is 16.5. The first-order valence-corrected chi connectivity index (χ1v) is 10.9. The van der Waals surface area contributed by atoms with Crippen molar-refractivity contribution in [2.45, 2.75) is 36.8 Å². The van der Waals surface area contributed by atoms with Gasteiger partial charge >= 0.3 is 7.12 Å². The SMILES string of the molecule is C[N+]1(C)CCOC(CC(=O)N2CC(Oc3ccc(C4CC4B(O)O)c(O)c3C(=O)[O-])C2)C1. The molecular weight excluding hydrogens is 419 g/mol. The first kappa shape index (κ1) is 22.8. The molecule has 1 saturated carbocycles. The van der Waals surface area contributed by atoms with Crippen LogP contribution in [0, 0.1) is 0 Å². The zero-order valence-corrected chi connectivity index (χ0v) is 18.3. The third-order valence-electron chi connectivity index (χ3n) is 6.64. The number of carbonyl (C=O) groups is 2. The van der Waals surface area contributed by atoms with Crippen LogP contribution in [0.25, 0.3) is 0 Å². The van der Waals surface area contributed by atoms with Gasteiger partial charge in [-0.15, -0.1) is 0 Å². The van der Waals surface area contributed by atoms with E-state index in [1.807, 2.05) is 0 Å². The second-order valence-corrected chi connectivity index (χ2v) is 9.66. The summed E-state index contributed by atoms with van der Waals surface area (Å²) in [5.41, 5.74) is -0.130. The van der Waals surface area contributed by atoms with E-state index in [0.717, 1.165) is 17.6 Å². The number of likely N-dealkylation sites (tertiary alicyclic amines) is 1. The number of amides is 1. The number of benzene rings is 1. The lowest BCUT2D eigenvalue weighted by molar-refractivity contribution is -0.901. The Morgan fingerprint density at radius 2 is 2.03 bits per heavy atom. The van der Waals surface area contributed by atoms with E-state index in [0.29, 0.717) is 38.1 Å². The summed E-state index contributed by atoms with van der Waals surface area (Å²) in [5, 5.41) is 40.7. The van der Waals surface area contributed by atoms with Gasteiger partial charge in [-0.05, 0) is 24.0 Å². The van der Waals surface area contributed by atoms with Gasteiger partial charge in [0.2, 0.25) is 5.91 Å². The van der Waals surface area contributed by atoms with Gasteiger partial charge in [-0.3, -0.25) is 4.79 Å². The molecule has 1 amide bonds. The molecule has 3 N–H and O–H groups in total. The van der Waals surface area contributed by atoms with Crippen LogP contribution < -0.4 is 9.84 Å². The second kappa shape index (κ2) is 8.55. The van der Waals surface area contributed by atoms with Gasteiger partial charge in [0.25, 0.3) is 0 Å². The van der Waals surface area contributed by atoms with Crippen molar-refractivity contribution in [1.29, 1.82) is 0 Å². The minimum Gasteiger partial charge on any atom is -0.545 e. The second-order valence-electron chi connectivity index (χ2n) is 9.66. The Morgan fingerprint density at radius 1 is 1.31 bits per heavy atom. The maximum atomic E-state index is 12.5. The van der Waals surface area contributed by atoms with Crippen molar-refractivity contribution in [3.63, 3.8) is 0 Å². The van der Waals surface area contributed by atoms with E-state index in [4.69, 9.17) is 9.47 Å². The minimum absolute atomic E-state index is 0.0280. The molecule has 4 rings (SSSR count). The number of hydrogen-bond donors (Lipinski definition) is 3. The molecule has 1 aliphatic carbocycles. The third-order valence-corrected chi connectivity index (χ3v) is 6.64. The average molecular weight is 448 g/mol. The number of nitrogens with zero attached hydrogens (tertiary/aromatic N) is 2. The number of ether oxygens (including phenoxy) is 2. The highest BCUT2D eigenvalue weighted by molar-refractivity contribution is 6.44. The molecule has 0 spiro atoms. The normalized spacial score (nSPS) is 26.9. The summed E-state index contributed by atoms with van der Waals surface area (Å²) in [6.45, 7) is 2.95. The fourth-order valence-corrected chi connectivity index (χ4v) is 4.59. The molecule has 1 aromatic rings. The van der Waals surface area contributed by atoms with Crippen molar-refractivity contribution in [3.05, 3.63) is 23.3 Å². The van der Waals surface area contributed by atoms with Crippen LogP contribution in [0.1, 0.15) is 34.7 Å². The Hall–Kier alpha value is -2.34. The molecule has 32 heavy (non-hydrogen) atoms. The van der Waals surface area contributed by atoms with Gasteiger partial charge in [-0.1, -0.05) is 6.07 Å². The largest absolute Gasteiger partial charge is 0.545 e. The molecule has 3 atom stereocenters. The van der Waals surface area contributed by atoms with E-state index >= 15 is 0 Å². The van der Waals surface area contributed by atoms with E-state index < -0.39 is 36.3 Å². The molecule has 174 valence electrons. The lowest BCUT2D eigenvalue weighted by Crippen LogP contribution is -2.58. The predicted octanol–water partition coefficient (Wildman–Crippen LogP) is -1.46. The molecule has 11 heteroatoms. The quantitative estimate of drug-likeness (QED) is 0.340. The monoisotopic (exact) mass is 448 g/mol. The van der Waals surface area contributed by atoms with Crippen molar-refractivity contribution in [2.24, 2.45) is 0 Å². The number of rotatable bonds is 7. The maximum Gasteiger partial charge on any atom is 0.455 e. The van der Waals surface area contributed by atoms with E-state index in [2.05, 4.69) is 14.1 Å². The number of phenols is 1. The fourth-order valence-electron chi connectivity index (χ4n) is 4.59. The lowest BCUT2D eigenvalue weighted by Gasteiger charge is -2.41. The molecule has 3 fully saturated rings. The van der Waals surface area contributed by atoms with Crippen LogP contribution in [0.2, 0.25) is 5.82 Å². The zero-order chi connectivity index (χ0) is 23.2. The number of likely N-dealkylation sites (N-methyl/N-ethyl adjacent to an activating group) is 1. The van der Waals surface area contributed by atoms with Gasteiger partial charge in [-0.25, -0.2) is 0 Å². The van der Waals surface area contributed by atoms with Crippen LogP contribution in [0.4, 0.5) is 0 Å². The lowest BCUT2D eigenvalue weighted by atomic mass is 9.81. The van der Waals surface area contributed by atoms with E-state index in [-0.39, 0.29) is 23.7 Å². The van der Waals surface area contributed by atoms with E-state index in [1.165, 1.54) is 12.1 Å². The molecule has 0 bridgehead atoms. The van der Waals surface area contributed by atoms with Crippen LogP contribution >= 0.6 is 0 Å². The molecular formula is C21H29BN2O8. The molecule has 1 aromatic carbocycles. The van der Waals surface area contributed by atoms with Gasteiger partial charge in [0.05, 0.1) is 51.7 Å². The highest BCUT2D eigenvalue weighted by Gasteiger charge is 2.48. The van der Waals surface area contributed by atoms with Crippen LogP contribution in [0.3, 0.4) is 0 Å². The number of carboxylic acid groups (broad SMARTS) is 1. The van der Waals surface area contributed by atoms with E-state index in [9.17, 15) is 29.9 Å². The maximum absolute atomic E-state index is 12.5. The molecule has 10 nitrogen and oxygen atoms in total. The van der Waals surface area contributed by atoms with Gasteiger partial charge in [0, 0.05) is 5.82 Å². The van der Waals surface area contributed by atoms with Crippen LogP contribution in [0.15, 0.2) is 12.1 Å². The van der Waals surface area contributed by atoms with Crippen LogP contribution in [-0.2, 0) is 9.53 Å². The van der Waals surface area contributed by atoms with Crippen molar-refractivity contribution in [1.82, 2.24) is 4.90 Å². The smallest absolute Gasteiger partial charge is 0.455 e. The van der Waals surface area contributed by atoms with Crippen LogP contribution in [-0.4, -0.2) is 103 Å². The van der Waals surface area contributed by atoms with Crippen molar-refractivity contribution in [3.8, 4) is 11.5 Å². The fraction of sp³-hybridized carbons (Fsp3) is 0.619. The minimum atomic E-state index is -1.58. The molecule has 3 aliphatic rings. The topological polar surface area (TPSA) is 140 Å². The molecule has 0 radical (unpaired) electrons. The van der Waals surface area contributed by atoms with Crippen LogP contribution in [0.5, 0.6) is 11.5 Å². The Bertz CT molecular complexity index is 902. The van der Waals surface area contributed by atoms with Gasteiger partial charge in [0.15, 0.2) is 0 Å². The summed E-state index contributed by atoms with van der Waals surface area (Å²) in [6.07, 6.45) is 0.227. The number of hydrogen-bond acceptors (Lipinski definition) is 8. The van der Waals surface area contributed by atoms with Gasteiger partial charge in [0.1, 0.15) is 36.8 Å². The predicted molar refractivity (Wildman–Crippen MR) is 111 cm³/mol. The number of quaternary nitrogens is 1. The molecule has 2 aliphatic heterocycles. The molecule has 2 heterocycles. The molecule has 2 saturated heterocycles. The Labute approximate surface area is 186 Å². The Kier molecular flexibility index (Phi) is 6.10. The van der Waals surface area contributed by atoms with Gasteiger partial charge < -0.3 is 43.9 Å². The number of morpholine rings is 1. The number of aromatic hydroxyl groups is 1. The third kappa shape index (κ3) is 4.70. The first-order valence-electron chi connectivity index (χ1n) is 10.9. The summed E-state index contributed by atoms with van der Waals surface area (Å²) in [4.78, 5) is 25.8. The molecule has 0 aromatic heterocycles. The van der Waals surface area contributed by atoms with Crippen molar-refractivity contribution < 1.29 is 43.8 Å². The summed E-state index contributed by atoms with van der Waals surface area (Å²) in [7, 11) is 2.70. The zero-order valence-electron chi connectivity index (χ0n) is 18.3. The summed E-state index contributed by atoms with van der Waals surface area (Å²) >= 11 is 0. The average Bonchev–Trinajstić information content (AvgIpc) is 3.43. The highest BCUT2D eigenvalue weighted by Crippen LogP contribution is 2.56. The van der Waals surface area contributed by atoms with Crippen molar-refractivity contribution in [2.75, 3.05) is 46.9 Å². The Morgan fingerprint density at radius 3 is 2.62 bits per heavy atom.